The van der Waals surface area contributed by atoms with E-state index in [-0.39, 0.29) is 17.5 Å². The van der Waals surface area contributed by atoms with Crippen LogP contribution in [0.3, 0.4) is 0 Å². The van der Waals surface area contributed by atoms with Crippen molar-refractivity contribution in [2.45, 2.75) is 19.8 Å². The van der Waals surface area contributed by atoms with Crippen LogP contribution in [-0.4, -0.2) is 62.6 Å². The topological polar surface area (TPSA) is 97.9 Å². The first-order valence-electron chi connectivity index (χ1n) is 13.0. The summed E-state index contributed by atoms with van der Waals surface area (Å²) < 4.78 is 3.47. The molecule has 2 aromatic heterocycles. The zero-order chi connectivity index (χ0) is 28.2. The maximum Gasteiger partial charge on any atom is 0.275 e. The number of carbonyl (C=O) groups excluding carboxylic acids is 2. The molecule has 0 radical (unpaired) electrons. The van der Waals surface area contributed by atoms with E-state index >= 15 is 0 Å². The van der Waals surface area contributed by atoms with Gasteiger partial charge in [0.25, 0.3) is 5.91 Å². The Kier molecular flexibility index (Phi) is 7.54. The van der Waals surface area contributed by atoms with Gasteiger partial charge in [-0.25, -0.2) is 9.36 Å². The van der Waals surface area contributed by atoms with Crippen LogP contribution in [-0.2, 0) is 11.2 Å². The fourth-order valence-electron chi connectivity index (χ4n) is 4.36. The summed E-state index contributed by atoms with van der Waals surface area (Å²) in [6.07, 6.45) is 2.50. The number of nitrogens with one attached hydrogen (secondary N) is 1. The predicted octanol–water partition coefficient (Wildman–Crippen LogP) is 4.48. The standard InChI is InChI=1S/C31H31N7O2/c1-21-5-7-22(8-6-21)23-9-11-24(12-10-23)29-19-25(13-18-30(39)32-2)34-38(29)27-16-14-26(15-17-27)37-20-28(33-35-37)31(40)36(3)4/h5-12,14-17,19-20H,13,18H2,1-4H3,(H,32,39). The number of amides is 2. The molecular weight excluding hydrogens is 502 g/mol. The van der Waals surface area contributed by atoms with E-state index < -0.39 is 0 Å². The smallest absolute Gasteiger partial charge is 0.275 e. The van der Waals surface area contributed by atoms with Crippen molar-refractivity contribution in [1.29, 1.82) is 0 Å². The van der Waals surface area contributed by atoms with Gasteiger partial charge in [0.2, 0.25) is 5.91 Å². The molecule has 0 spiro atoms. The summed E-state index contributed by atoms with van der Waals surface area (Å²) in [6, 6.07) is 26.6. The Balaban J connectivity index is 1.46. The SMILES string of the molecule is CNC(=O)CCc1cc(-c2ccc(-c3ccc(C)cc3)cc2)n(-c2ccc(-n3cc(C(=O)N(C)C)nn3)cc2)n1. The molecule has 40 heavy (non-hydrogen) atoms. The van der Waals surface area contributed by atoms with Gasteiger partial charge in [-0.2, -0.15) is 5.10 Å². The summed E-state index contributed by atoms with van der Waals surface area (Å²) in [5, 5.41) is 15.6. The summed E-state index contributed by atoms with van der Waals surface area (Å²) in [5.74, 6) is -0.232. The van der Waals surface area contributed by atoms with Gasteiger partial charge < -0.3 is 10.2 Å². The minimum Gasteiger partial charge on any atom is -0.359 e. The first-order valence-corrected chi connectivity index (χ1v) is 13.0. The summed E-state index contributed by atoms with van der Waals surface area (Å²) in [5.41, 5.74) is 8.20. The second-order valence-corrected chi connectivity index (χ2v) is 9.81. The van der Waals surface area contributed by atoms with Crippen molar-refractivity contribution in [2.24, 2.45) is 0 Å². The zero-order valence-electron chi connectivity index (χ0n) is 23.0. The highest BCUT2D eigenvalue weighted by atomic mass is 16.2. The van der Waals surface area contributed by atoms with Gasteiger partial charge in [-0.05, 0) is 48.4 Å². The third-order valence-corrected chi connectivity index (χ3v) is 6.69. The number of nitrogens with zero attached hydrogens (tertiary/aromatic N) is 6. The van der Waals surface area contributed by atoms with Crippen molar-refractivity contribution >= 4 is 11.8 Å². The first kappa shape index (κ1) is 26.6. The first-order chi connectivity index (χ1) is 19.3. The lowest BCUT2D eigenvalue weighted by atomic mass is 10.0. The number of carbonyl (C=O) groups is 2. The number of aryl methyl sites for hydroxylation is 2. The molecule has 2 amide bonds. The van der Waals surface area contributed by atoms with Crippen LogP contribution in [0.2, 0.25) is 0 Å². The number of benzene rings is 3. The minimum atomic E-state index is -0.207. The van der Waals surface area contributed by atoms with E-state index in [2.05, 4.69) is 71.1 Å². The molecule has 0 saturated heterocycles. The molecule has 0 aliphatic heterocycles. The van der Waals surface area contributed by atoms with Crippen molar-refractivity contribution in [3.63, 3.8) is 0 Å². The minimum absolute atomic E-state index is 0.0251. The Morgan fingerprint density at radius 2 is 1.45 bits per heavy atom. The van der Waals surface area contributed by atoms with Gasteiger partial charge in [0, 0.05) is 39.5 Å². The molecule has 0 atom stereocenters. The van der Waals surface area contributed by atoms with Crippen molar-refractivity contribution in [3.8, 4) is 33.8 Å². The summed E-state index contributed by atoms with van der Waals surface area (Å²) in [6.45, 7) is 2.08. The zero-order valence-corrected chi connectivity index (χ0v) is 23.0. The van der Waals surface area contributed by atoms with Gasteiger partial charge >= 0.3 is 0 Å². The lowest BCUT2D eigenvalue weighted by molar-refractivity contribution is -0.120. The number of rotatable bonds is 8. The molecule has 0 saturated carbocycles. The largest absolute Gasteiger partial charge is 0.359 e. The third-order valence-electron chi connectivity index (χ3n) is 6.69. The number of aromatic nitrogens is 5. The Morgan fingerprint density at radius 3 is 2.08 bits per heavy atom. The average molecular weight is 534 g/mol. The van der Waals surface area contributed by atoms with Crippen LogP contribution >= 0.6 is 0 Å². The van der Waals surface area contributed by atoms with Crippen molar-refractivity contribution < 1.29 is 9.59 Å². The second-order valence-electron chi connectivity index (χ2n) is 9.81. The Morgan fingerprint density at radius 1 is 0.850 bits per heavy atom. The molecule has 9 heteroatoms. The quantitative estimate of drug-likeness (QED) is 0.317. The maximum absolute atomic E-state index is 12.2. The summed E-state index contributed by atoms with van der Waals surface area (Å²) >= 11 is 0. The molecule has 2 heterocycles. The Hall–Kier alpha value is -5.05. The van der Waals surface area contributed by atoms with Crippen LogP contribution in [0.15, 0.2) is 85.1 Å². The fourth-order valence-corrected chi connectivity index (χ4v) is 4.36. The molecule has 3 aromatic carbocycles. The molecule has 0 bridgehead atoms. The Labute approximate surface area is 233 Å². The number of hydrogen-bond acceptors (Lipinski definition) is 5. The van der Waals surface area contributed by atoms with Crippen LogP contribution in [0.25, 0.3) is 33.8 Å². The Bertz CT molecular complexity index is 1630. The molecule has 5 aromatic rings. The summed E-state index contributed by atoms with van der Waals surface area (Å²) in [4.78, 5) is 25.6. The fraction of sp³-hybridized carbons (Fsp3) is 0.194. The normalized spacial score (nSPS) is 10.9. The van der Waals surface area contributed by atoms with E-state index in [1.54, 1.807) is 32.0 Å². The summed E-state index contributed by atoms with van der Waals surface area (Å²) in [7, 11) is 4.99. The van der Waals surface area contributed by atoms with Gasteiger partial charge in [0.1, 0.15) is 0 Å². The lowest BCUT2D eigenvalue weighted by Gasteiger charge is -2.10. The molecule has 9 nitrogen and oxygen atoms in total. The molecular formula is C31H31N7O2. The van der Waals surface area contributed by atoms with Gasteiger partial charge in [-0.1, -0.05) is 59.3 Å². The van der Waals surface area contributed by atoms with Crippen molar-refractivity contribution in [1.82, 2.24) is 35.0 Å². The molecule has 0 aliphatic rings. The second kappa shape index (κ2) is 11.4. The lowest BCUT2D eigenvalue weighted by Crippen LogP contribution is -2.21. The van der Waals surface area contributed by atoms with Crippen LogP contribution in [0.4, 0.5) is 0 Å². The van der Waals surface area contributed by atoms with Gasteiger partial charge in [-0.15, -0.1) is 5.10 Å². The molecule has 1 N–H and O–H groups in total. The molecule has 0 unspecified atom stereocenters. The highest BCUT2D eigenvalue weighted by Crippen LogP contribution is 2.28. The van der Waals surface area contributed by atoms with E-state index in [0.29, 0.717) is 12.8 Å². The molecule has 0 aliphatic carbocycles. The van der Waals surface area contributed by atoms with Gasteiger partial charge in [0.15, 0.2) is 5.69 Å². The molecule has 0 fully saturated rings. The van der Waals surface area contributed by atoms with Gasteiger partial charge in [0.05, 0.1) is 29.0 Å². The molecule has 202 valence electrons. The van der Waals surface area contributed by atoms with E-state index in [1.807, 2.05) is 35.0 Å². The highest BCUT2D eigenvalue weighted by molar-refractivity contribution is 5.91. The van der Waals surface area contributed by atoms with Crippen LogP contribution < -0.4 is 5.32 Å². The van der Waals surface area contributed by atoms with Crippen LogP contribution in [0.1, 0.15) is 28.2 Å². The van der Waals surface area contributed by atoms with Gasteiger partial charge in [-0.3, -0.25) is 9.59 Å². The monoisotopic (exact) mass is 533 g/mol. The predicted molar refractivity (Wildman–Crippen MR) is 154 cm³/mol. The van der Waals surface area contributed by atoms with E-state index in [4.69, 9.17) is 5.10 Å². The highest BCUT2D eigenvalue weighted by Gasteiger charge is 2.15. The third kappa shape index (κ3) is 5.68. The van der Waals surface area contributed by atoms with E-state index in [1.165, 1.54) is 10.5 Å². The van der Waals surface area contributed by atoms with Crippen LogP contribution in [0, 0.1) is 6.92 Å². The van der Waals surface area contributed by atoms with E-state index in [9.17, 15) is 9.59 Å². The van der Waals surface area contributed by atoms with Crippen molar-refractivity contribution in [3.05, 3.63) is 102 Å². The maximum atomic E-state index is 12.2. The molecule has 5 rings (SSSR count). The number of hydrogen-bond donors (Lipinski definition) is 1. The van der Waals surface area contributed by atoms with E-state index in [0.717, 1.165) is 39.5 Å². The average Bonchev–Trinajstić information content (AvgIpc) is 3.64. The van der Waals surface area contributed by atoms with Crippen molar-refractivity contribution in [2.75, 3.05) is 21.1 Å². The van der Waals surface area contributed by atoms with Crippen LogP contribution in [0.5, 0.6) is 0 Å².